The molecule has 304 valence electrons. The molecular weight excluding hydrogens is 803 g/mol. The van der Waals surface area contributed by atoms with Crippen molar-refractivity contribution in [3.05, 3.63) is 271 Å². The van der Waals surface area contributed by atoms with Gasteiger partial charge in [0.1, 0.15) is 0 Å². The quantitative estimate of drug-likeness (QED) is 0.154. The molecule has 0 spiro atoms. The minimum atomic E-state index is -0.512. The van der Waals surface area contributed by atoms with Gasteiger partial charge in [0.15, 0.2) is 0 Å². The molecule has 0 aliphatic heterocycles. The number of fused-ring (bicyclic) bond motifs is 8. The van der Waals surface area contributed by atoms with Crippen molar-refractivity contribution in [2.45, 2.75) is 5.41 Å². The van der Waals surface area contributed by atoms with Crippen LogP contribution in [-0.4, -0.2) is 0 Å². The Hall–Kier alpha value is -8.04. The number of hydrogen-bond acceptors (Lipinski definition) is 2. The average Bonchev–Trinajstić information content (AvgIpc) is 3.92. The lowest BCUT2D eigenvalue weighted by Gasteiger charge is -2.34. The van der Waals surface area contributed by atoms with E-state index in [1.807, 2.05) is 11.3 Å². The summed E-state index contributed by atoms with van der Waals surface area (Å²) in [6, 6.07) is 92.1. The van der Waals surface area contributed by atoms with Crippen molar-refractivity contribution in [2.24, 2.45) is 0 Å². The van der Waals surface area contributed by atoms with Crippen molar-refractivity contribution in [1.82, 2.24) is 0 Å². The second-order valence-electron chi connectivity index (χ2n) is 17.1. The fourth-order valence-corrected chi connectivity index (χ4v) is 12.1. The monoisotopic (exact) mass is 843 g/mol. The van der Waals surface area contributed by atoms with E-state index >= 15 is 0 Å². The van der Waals surface area contributed by atoms with Crippen molar-refractivity contribution in [2.75, 3.05) is 4.90 Å². The maximum atomic E-state index is 2.53. The third kappa shape index (κ3) is 5.78. The first-order chi connectivity index (χ1) is 32.3. The molecule has 0 atom stereocenters. The highest BCUT2D eigenvalue weighted by molar-refractivity contribution is 7.26. The largest absolute Gasteiger partial charge is 0.308 e. The molecule has 0 saturated heterocycles. The van der Waals surface area contributed by atoms with Crippen LogP contribution in [0.25, 0.3) is 75.1 Å². The fraction of sp³-hybridized carbons (Fsp3) is 0.0159. The molecule has 0 saturated carbocycles. The Balaban J connectivity index is 1.05. The lowest BCUT2D eigenvalue weighted by Crippen LogP contribution is -2.28. The summed E-state index contributed by atoms with van der Waals surface area (Å²) in [5.41, 5.74) is 15.4. The van der Waals surface area contributed by atoms with Crippen LogP contribution in [0.3, 0.4) is 0 Å². The van der Waals surface area contributed by atoms with Gasteiger partial charge >= 0.3 is 0 Å². The predicted octanol–water partition coefficient (Wildman–Crippen LogP) is 17.5. The van der Waals surface area contributed by atoms with Crippen LogP contribution in [0.1, 0.15) is 22.3 Å². The Morgan fingerprint density at radius 3 is 1.68 bits per heavy atom. The molecule has 0 amide bonds. The summed E-state index contributed by atoms with van der Waals surface area (Å²) in [6.45, 7) is 0. The maximum absolute atomic E-state index is 2.53. The van der Waals surface area contributed by atoms with Gasteiger partial charge in [0.05, 0.1) is 21.5 Å². The fourth-order valence-electron chi connectivity index (χ4n) is 10.9. The van der Waals surface area contributed by atoms with Crippen molar-refractivity contribution in [3.63, 3.8) is 0 Å². The van der Waals surface area contributed by atoms with Crippen LogP contribution in [0.4, 0.5) is 17.1 Å². The first-order valence-electron chi connectivity index (χ1n) is 22.4. The van der Waals surface area contributed by atoms with Gasteiger partial charge in [0.2, 0.25) is 0 Å². The van der Waals surface area contributed by atoms with Gasteiger partial charge in [-0.15, -0.1) is 11.3 Å². The zero-order chi connectivity index (χ0) is 42.9. The Kier molecular flexibility index (Phi) is 8.69. The number of hydrogen-bond donors (Lipinski definition) is 0. The predicted molar refractivity (Wildman–Crippen MR) is 277 cm³/mol. The Bertz CT molecular complexity index is 3730. The van der Waals surface area contributed by atoms with Crippen molar-refractivity contribution < 1.29 is 0 Å². The van der Waals surface area contributed by atoms with Gasteiger partial charge in [-0.05, 0) is 114 Å². The van der Waals surface area contributed by atoms with Crippen molar-refractivity contribution >= 4 is 70.1 Å². The molecule has 0 unspecified atom stereocenters. The van der Waals surface area contributed by atoms with E-state index < -0.39 is 5.41 Å². The average molecular weight is 844 g/mol. The summed E-state index contributed by atoms with van der Waals surface area (Å²) in [6.07, 6.45) is 0. The number of benzene rings is 11. The molecule has 0 radical (unpaired) electrons. The molecule has 0 N–H and O–H groups in total. The second kappa shape index (κ2) is 15.1. The van der Waals surface area contributed by atoms with Crippen LogP contribution in [0.2, 0.25) is 0 Å². The molecule has 11 aromatic carbocycles. The van der Waals surface area contributed by atoms with Gasteiger partial charge < -0.3 is 4.90 Å². The first kappa shape index (κ1) is 37.5. The Morgan fingerprint density at radius 1 is 0.338 bits per heavy atom. The van der Waals surface area contributed by atoms with E-state index in [1.165, 1.54) is 103 Å². The topological polar surface area (TPSA) is 3.24 Å². The van der Waals surface area contributed by atoms with Gasteiger partial charge in [-0.25, -0.2) is 0 Å². The minimum absolute atomic E-state index is 0.512. The SMILES string of the molecule is c1ccc(C2(c3ccccc3)c3ccccc3-c3c(N(c4ccc(-c5cc(-c6cccc7ccccc67)c6ccccc6c5)cc4)c4cccc5c4sc4ccccc45)cccc32)cc1. The minimum Gasteiger partial charge on any atom is -0.308 e. The van der Waals surface area contributed by atoms with Crippen LogP contribution < -0.4 is 4.90 Å². The molecule has 1 aromatic heterocycles. The number of anilines is 3. The maximum Gasteiger partial charge on any atom is 0.0714 e. The zero-order valence-electron chi connectivity index (χ0n) is 35.5. The van der Waals surface area contributed by atoms with Crippen molar-refractivity contribution in [3.8, 4) is 33.4 Å². The molecule has 1 nitrogen and oxygen atoms in total. The molecular formula is C63H41NS. The summed E-state index contributed by atoms with van der Waals surface area (Å²) in [5.74, 6) is 0. The van der Waals surface area contributed by atoms with Gasteiger partial charge in [0, 0.05) is 26.7 Å². The molecule has 0 fully saturated rings. The number of rotatable bonds is 7. The van der Waals surface area contributed by atoms with Gasteiger partial charge in [-0.1, -0.05) is 206 Å². The third-order valence-electron chi connectivity index (χ3n) is 13.7. The molecule has 65 heavy (non-hydrogen) atoms. The van der Waals surface area contributed by atoms with E-state index in [4.69, 9.17) is 0 Å². The summed E-state index contributed by atoms with van der Waals surface area (Å²) < 4.78 is 2.56. The van der Waals surface area contributed by atoms with Gasteiger partial charge in [-0.3, -0.25) is 0 Å². The van der Waals surface area contributed by atoms with E-state index in [0.29, 0.717) is 0 Å². The third-order valence-corrected chi connectivity index (χ3v) is 14.9. The zero-order valence-corrected chi connectivity index (χ0v) is 36.3. The lowest BCUT2D eigenvalue weighted by molar-refractivity contribution is 0.768. The van der Waals surface area contributed by atoms with E-state index in [1.54, 1.807) is 0 Å². The number of nitrogens with zero attached hydrogens (tertiary/aromatic N) is 1. The highest BCUT2D eigenvalue weighted by Crippen LogP contribution is 2.60. The number of thiophene rings is 1. The van der Waals surface area contributed by atoms with Crippen LogP contribution in [0.15, 0.2) is 249 Å². The molecule has 0 bridgehead atoms. The van der Waals surface area contributed by atoms with E-state index in [9.17, 15) is 0 Å². The summed E-state index contributed by atoms with van der Waals surface area (Å²) in [5, 5.41) is 7.56. The molecule has 2 heteroatoms. The highest BCUT2D eigenvalue weighted by Gasteiger charge is 2.47. The van der Waals surface area contributed by atoms with Crippen LogP contribution in [0.5, 0.6) is 0 Å². The lowest BCUT2D eigenvalue weighted by atomic mass is 9.68. The van der Waals surface area contributed by atoms with E-state index in [2.05, 4.69) is 254 Å². The standard InChI is InChI=1S/C63H41NS/c1-3-21-46(22-4-1)63(47-23-5-2-6-24-47)56-31-13-11-28-54(56)61-57(63)32-17-33-58(61)64(59-34-16-30-53-52-27-12-14-35-60(52)65-62(53)59)48-38-36-42(37-39-48)45-40-44-19-8-10-26-50(44)55(41-45)51-29-15-20-43-18-7-9-25-49(43)51/h1-41H. The smallest absolute Gasteiger partial charge is 0.0714 e. The molecule has 1 aliphatic carbocycles. The van der Waals surface area contributed by atoms with Gasteiger partial charge in [-0.2, -0.15) is 0 Å². The van der Waals surface area contributed by atoms with E-state index in [-0.39, 0.29) is 0 Å². The summed E-state index contributed by atoms with van der Waals surface area (Å²) in [4.78, 5) is 2.53. The van der Waals surface area contributed by atoms with Crippen LogP contribution in [0, 0.1) is 0 Å². The van der Waals surface area contributed by atoms with Crippen LogP contribution >= 0.6 is 11.3 Å². The Labute approximate surface area is 382 Å². The van der Waals surface area contributed by atoms with Gasteiger partial charge in [0.25, 0.3) is 0 Å². The van der Waals surface area contributed by atoms with Crippen molar-refractivity contribution in [1.29, 1.82) is 0 Å². The molecule has 1 heterocycles. The molecule has 13 rings (SSSR count). The first-order valence-corrected chi connectivity index (χ1v) is 23.2. The Morgan fingerprint density at radius 2 is 0.892 bits per heavy atom. The van der Waals surface area contributed by atoms with E-state index in [0.717, 1.165) is 11.4 Å². The molecule has 12 aromatic rings. The normalized spacial score (nSPS) is 12.7. The second-order valence-corrected chi connectivity index (χ2v) is 18.2. The molecule has 1 aliphatic rings. The highest BCUT2D eigenvalue weighted by atomic mass is 32.1. The summed E-state index contributed by atoms with van der Waals surface area (Å²) >= 11 is 1.88. The van der Waals surface area contributed by atoms with Crippen LogP contribution in [-0.2, 0) is 5.41 Å². The summed E-state index contributed by atoms with van der Waals surface area (Å²) in [7, 11) is 0.